The van der Waals surface area contributed by atoms with E-state index in [0.717, 1.165) is 39.6 Å². The number of hydrogen-bond donors (Lipinski definition) is 1. The van der Waals surface area contributed by atoms with E-state index in [1.54, 1.807) is 23.6 Å². The van der Waals surface area contributed by atoms with E-state index in [1.165, 1.54) is 0 Å². The van der Waals surface area contributed by atoms with E-state index in [2.05, 4.69) is 21.7 Å². The SMILES string of the molecule is O=C1CCc2cc(-c3csc(Cc4cn5cc(Cl)cc(Cl)c5n4)n3)ccc2N1. The molecule has 1 N–H and O–H groups in total. The number of fused-ring (bicyclic) bond motifs is 2. The van der Waals surface area contributed by atoms with Crippen LogP contribution in [0.5, 0.6) is 0 Å². The van der Waals surface area contributed by atoms with Crippen LogP contribution in [0.4, 0.5) is 5.69 Å². The second-order valence-corrected chi connectivity index (χ2v) is 8.48. The molecule has 5 rings (SSSR count). The van der Waals surface area contributed by atoms with Gasteiger partial charge in [-0.15, -0.1) is 11.3 Å². The summed E-state index contributed by atoms with van der Waals surface area (Å²) in [6.45, 7) is 0. The average molecular weight is 429 g/mol. The minimum Gasteiger partial charge on any atom is -0.326 e. The second kappa shape index (κ2) is 6.88. The first kappa shape index (κ1) is 17.7. The molecule has 0 unspecified atom stereocenters. The molecule has 4 heterocycles. The van der Waals surface area contributed by atoms with Gasteiger partial charge >= 0.3 is 0 Å². The molecule has 5 nitrogen and oxygen atoms in total. The summed E-state index contributed by atoms with van der Waals surface area (Å²) in [5, 5.41) is 7.04. The van der Waals surface area contributed by atoms with E-state index in [9.17, 15) is 4.79 Å². The summed E-state index contributed by atoms with van der Waals surface area (Å²) in [7, 11) is 0. The van der Waals surface area contributed by atoms with Crippen molar-refractivity contribution in [3.8, 4) is 11.3 Å². The number of aromatic nitrogens is 3. The molecule has 0 atom stereocenters. The van der Waals surface area contributed by atoms with Crippen LogP contribution in [0.15, 0.2) is 42.0 Å². The van der Waals surface area contributed by atoms with Crippen LogP contribution in [-0.2, 0) is 17.6 Å². The lowest BCUT2D eigenvalue weighted by Gasteiger charge is -2.17. The van der Waals surface area contributed by atoms with Gasteiger partial charge in [-0.25, -0.2) is 9.97 Å². The van der Waals surface area contributed by atoms with Crippen molar-refractivity contribution < 1.29 is 4.79 Å². The largest absolute Gasteiger partial charge is 0.326 e. The van der Waals surface area contributed by atoms with Crippen molar-refractivity contribution in [2.45, 2.75) is 19.3 Å². The van der Waals surface area contributed by atoms with Crippen LogP contribution < -0.4 is 5.32 Å². The highest BCUT2D eigenvalue weighted by Crippen LogP contribution is 2.30. The summed E-state index contributed by atoms with van der Waals surface area (Å²) in [5.74, 6) is 0.0741. The van der Waals surface area contributed by atoms with Gasteiger partial charge in [0.1, 0.15) is 0 Å². The first-order valence-electron chi connectivity index (χ1n) is 8.75. The highest BCUT2D eigenvalue weighted by atomic mass is 35.5. The molecular weight excluding hydrogens is 415 g/mol. The fourth-order valence-corrected chi connectivity index (χ4v) is 4.73. The van der Waals surface area contributed by atoms with Gasteiger partial charge in [-0.3, -0.25) is 4.79 Å². The van der Waals surface area contributed by atoms with E-state index < -0.39 is 0 Å². The number of rotatable bonds is 3. The molecule has 4 aromatic rings. The molecule has 1 amide bonds. The fourth-order valence-electron chi connectivity index (χ4n) is 3.38. The highest BCUT2D eigenvalue weighted by molar-refractivity contribution is 7.10. The molecule has 0 saturated heterocycles. The molecule has 3 aromatic heterocycles. The third-order valence-electron chi connectivity index (χ3n) is 4.70. The van der Waals surface area contributed by atoms with Crippen LogP contribution in [0.3, 0.4) is 0 Å². The lowest BCUT2D eigenvalue weighted by atomic mass is 9.99. The summed E-state index contributed by atoms with van der Waals surface area (Å²) in [5.41, 5.74) is 5.62. The zero-order valence-electron chi connectivity index (χ0n) is 14.6. The van der Waals surface area contributed by atoms with Crippen LogP contribution in [0.2, 0.25) is 10.0 Å². The molecule has 1 aliphatic heterocycles. The van der Waals surface area contributed by atoms with Crippen LogP contribution in [0.1, 0.15) is 22.7 Å². The van der Waals surface area contributed by atoms with E-state index in [0.29, 0.717) is 28.5 Å². The fraction of sp³-hybridized carbons (Fsp3) is 0.150. The summed E-state index contributed by atoms with van der Waals surface area (Å²) in [4.78, 5) is 20.9. The van der Waals surface area contributed by atoms with E-state index >= 15 is 0 Å². The van der Waals surface area contributed by atoms with Crippen LogP contribution >= 0.6 is 34.5 Å². The van der Waals surface area contributed by atoms with Gasteiger partial charge in [0.15, 0.2) is 5.65 Å². The zero-order valence-corrected chi connectivity index (χ0v) is 16.9. The van der Waals surface area contributed by atoms with E-state index in [-0.39, 0.29) is 5.91 Å². The summed E-state index contributed by atoms with van der Waals surface area (Å²) < 4.78 is 1.84. The Labute approximate surface area is 175 Å². The van der Waals surface area contributed by atoms with Crippen molar-refractivity contribution in [2.24, 2.45) is 0 Å². The number of hydrogen-bond acceptors (Lipinski definition) is 4. The second-order valence-electron chi connectivity index (χ2n) is 6.69. The van der Waals surface area contributed by atoms with E-state index in [4.69, 9.17) is 28.2 Å². The van der Waals surface area contributed by atoms with Crippen molar-refractivity contribution in [1.82, 2.24) is 14.4 Å². The van der Waals surface area contributed by atoms with Crippen LogP contribution in [0.25, 0.3) is 16.9 Å². The Morgan fingerprint density at radius 2 is 2.04 bits per heavy atom. The zero-order chi connectivity index (χ0) is 19.3. The number of halogens is 2. The van der Waals surface area contributed by atoms with Gasteiger partial charge < -0.3 is 9.72 Å². The van der Waals surface area contributed by atoms with E-state index in [1.807, 2.05) is 22.7 Å². The Balaban J connectivity index is 1.41. The summed E-state index contributed by atoms with van der Waals surface area (Å²) in [6.07, 6.45) is 5.63. The van der Waals surface area contributed by atoms with Gasteiger partial charge in [0.05, 0.1) is 26.4 Å². The first-order valence-corrected chi connectivity index (χ1v) is 10.4. The number of benzene rings is 1. The number of anilines is 1. The third-order valence-corrected chi connectivity index (χ3v) is 6.04. The smallest absolute Gasteiger partial charge is 0.224 e. The Hall–Kier alpha value is -2.41. The Kier molecular flexibility index (Phi) is 4.34. The molecule has 0 bridgehead atoms. The molecule has 0 spiro atoms. The molecule has 28 heavy (non-hydrogen) atoms. The maximum atomic E-state index is 11.5. The molecule has 0 fully saturated rings. The third kappa shape index (κ3) is 3.28. The molecule has 8 heteroatoms. The molecule has 0 saturated carbocycles. The molecular formula is C20H14Cl2N4OS. The van der Waals surface area contributed by atoms with Gasteiger partial charge in [0, 0.05) is 41.9 Å². The Morgan fingerprint density at radius 1 is 1.14 bits per heavy atom. The van der Waals surface area contributed by atoms with Gasteiger partial charge in [-0.05, 0) is 30.2 Å². The normalized spacial score (nSPS) is 13.6. The number of pyridine rings is 1. The minimum absolute atomic E-state index is 0.0741. The first-order chi connectivity index (χ1) is 13.5. The highest BCUT2D eigenvalue weighted by Gasteiger charge is 2.16. The molecule has 0 radical (unpaired) electrons. The molecule has 1 aliphatic rings. The lowest BCUT2D eigenvalue weighted by molar-refractivity contribution is -0.116. The predicted molar refractivity (Wildman–Crippen MR) is 113 cm³/mol. The topological polar surface area (TPSA) is 59.3 Å². The van der Waals surface area contributed by atoms with Crippen molar-refractivity contribution in [2.75, 3.05) is 5.32 Å². The van der Waals surface area contributed by atoms with Crippen LogP contribution in [0, 0.1) is 0 Å². The number of carbonyl (C=O) groups is 1. The van der Waals surface area contributed by atoms with Crippen LogP contribution in [-0.4, -0.2) is 20.3 Å². The predicted octanol–water partition coefficient (Wildman–Crippen LogP) is 5.24. The lowest BCUT2D eigenvalue weighted by Crippen LogP contribution is -2.18. The number of aryl methyl sites for hydroxylation is 1. The number of nitrogens with one attached hydrogen (secondary N) is 1. The van der Waals surface area contributed by atoms with Crippen molar-refractivity contribution in [3.05, 3.63) is 68.3 Å². The molecule has 1 aromatic carbocycles. The monoisotopic (exact) mass is 428 g/mol. The average Bonchev–Trinajstić information content (AvgIpc) is 3.28. The summed E-state index contributed by atoms with van der Waals surface area (Å²) in [6, 6.07) is 7.75. The number of thiazole rings is 1. The van der Waals surface area contributed by atoms with Crippen molar-refractivity contribution in [3.63, 3.8) is 0 Å². The van der Waals surface area contributed by atoms with Crippen molar-refractivity contribution >= 4 is 51.8 Å². The van der Waals surface area contributed by atoms with Gasteiger partial charge in [0.25, 0.3) is 0 Å². The standard InChI is InChI=1S/C20H14Cl2N4OS/c21-13-6-15(22)20-23-14(9-26(20)8-13)7-19-25-17(10-28-19)12-1-3-16-11(5-12)2-4-18(27)24-16/h1,3,5-6,8-10H,2,4,7H2,(H,24,27). The van der Waals surface area contributed by atoms with Gasteiger partial charge in [-0.1, -0.05) is 29.3 Å². The Bertz CT molecular complexity index is 1230. The number of nitrogens with zero attached hydrogens (tertiary/aromatic N) is 3. The molecule has 140 valence electrons. The Morgan fingerprint density at radius 3 is 2.93 bits per heavy atom. The summed E-state index contributed by atoms with van der Waals surface area (Å²) >= 11 is 13.9. The maximum absolute atomic E-state index is 11.5. The number of carbonyl (C=O) groups excluding carboxylic acids is 1. The number of imidazole rings is 1. The van der Waals surface area contributed by atoms with Gasteiger partial charge in [0.2, 0.25) is 5.91 Å². The molecule has 0 aliphatic carbocycles. The maximum Gasteiger partial charge on any atom is 0.224 e. The minimum atomic E-state index is 0.0741. The van der Waals surface area contributed by atoms with Crippen molar-refractivity contribution in [1.29, 1.82) is 0 Å². The quantitative estimate of drug-likeness (QED) is 0.485. The van der Waals surface area contributed by atoms with Gasteiger partial charge in [-0.2, -0.15) is 0 Å². The number of amides is 1.